The molecule has 1 amide bonds. The third-order valence-electron chi connectivity index (χ3n) is 4.80. The molecule has 0 unspecified atom stereocenters. The van der Waals surface area contributed by atoms with Crippen molar-refractivity contribution in [3.63, 3.8) is 0 Å². The Bertz CT molecular complexity index is 602. The summed E-state index contributed by atoms with van der Waals surface area (Å²) in [6.45, 7) is 8.87. The molecule has 2 heterocycles. The van der Waals surface area contributed by atoms with Crippen LogP contribution in [-0.2, 0) is 11.2 Å². The van der Waals surface area contributed by atoms with Gasteiger partial charge >= 0.3 is 0 Å². The SMILES string of the molecule is CCOc1cc(Br)c(CC(=O)N2C[C@H]3CNC[C@H]3C2)cc1OCC.Cl. The Balaban J connectivity index is 0.00000225. The van der Waals surface area contributed by atoms with Crippen molar-refractivity contribution in [2.24, 2.45) is 11.8 Å². The first kappa shape index (κ1) is 20.3. The lowest BCUT2D eigenvalue weighted by atomic mass is 10.0. The maximum atomic E-state index is 12.7. The summed E-state index contributed by atoms with van der Waals surface area (Å²) in [5, 5.41) is 3.41. The molecule has 2 atom stereocenters. The minimum Gasteiger partial charge on any atom is -0.490 e. The van der Waals surface area contributed by atoms with Gasteiger partial charge in [0.15, 0.2) is 11.5 Å². The maximum absolute atomic E-state index is 12.7. The Kier molecular flexibility index (Phi) is 7.40. The number of carbonyl (C=O) groups excluding carboxylic acids is 1. The first-order chi connectivity index (χ1) is 11.6. The minimum atomic E-state index is 0. The fourth-order valence-electron chi connectivity index (χ4n) is 3.58. The number of ether oxygens (including phenoxy) is 2. The van der Waals surface area contributed by atoms with Crippen LogP contribution in [0, 0.1) is 11.8 Å². The normalized spacial score (nSPS) is 21.6. The van der Waals surface area contributed by atoms with Crippen LogP contribution in [0.25, 0.3) is 0 Å². The van der Waals surface area contributed by atoms with Gasteiger partial charge in [0.25, 0.3) is 0 Å². The van der Waals surface area contributed by atoms with Crippen LogP contribution in [-0.4, -0.2) is 50.2 Å². The van der Waals surface area contributed by atoms with Crippen molar-refractivity contribution < 1.29 is 14.3 Å². The average molecular weight is 434 g/mol. The summed E-state index contributed by atoms with van der Waals surface area (Å²) in [4.78, 5) is 14.7. The Morgan fingerprint density at radius 3 is 2.28 bits per heavy atom. The zero-order valence-corrected chi connectivity index (χ0v) is 17.1. The van der Waals surface area contributed by atoms with Crippen LogP contribution in [0.1, 0.15) is 19.4 Å². The second-order valence-corrected chi connectivity index (χ2v) is 7.26. The van der Waals surface area contributed by atoms with Crippen molar-refractivity contribution >= 4 is 34.2 Å². The number of benzene rings is 1. The lowest BCUT2D eigenvalue weighted by Gasteiger charge is -2.19. The lowest BCUT2D eigenvalue weighted by Crippen LogP contribution is -2.33. The van der Waals surface area contributed by atoms with E-state index in [0.717, 1.165) is 36.2 Å². The predicted octanol–water partition coefficient (Wildman–Crippen LogP) is 2.89. The number of likely N-dealkylation sites (tertiary alicyclic amines) is 1. The molecule has 5 nitrogen and oxygen atoms in total. The summed E-state index contributed by atoms with van der Waals surface area (Å²) in [5.74, 6) is 2.85. The zero-order valence-electron chi connectivity index (χ0n) is 14.7. The first-order valence-corrected chi connectivity index (χ1v) is 9.48. The van der Waals surface area contributed by atoms with Crippen molar-refractivity contribution in [3.8, 4) is 11.5 Å². The van der Waals surface area contributed by atoms with Gasteiger partial charge in [0.2, 0.25) is 5.91 Å². The number of nitrogens with zero attached hydrogens (tertiary/aromatic N) is 1. The monoisotopic (exact) mass is 432 g/mol. The molecule has 0 aliphatic carbocycles. The second kappa shape index (κ2) is 9.10. The highest BCUT2D eigenvalue weighted by atomic mass is 79.9. The topological polar surface area (TPSA) is 50.8 Å². The number of amides is 1. The molecule has 2 aliphatic heterocycles. The molecule has 1 aromatic rings. The van der Waals surface area contributed by atoms with E-state index in [4.69, 9.17) is 9.47 Å². The largest absolute Gasteiger partial charge is 0.490 e. The summed E-state index contributed by atoms with van der Waals surface area (Å²) >= 11 is 3.57. The van der Waals surface area contributed by atoms with E-state index >= 15 is 0 Å². The van der Waals surface area contributed by atoms with Crippen molar-refractivity contribution in [3.05, 3.63) is 22.2 Å². The standard InChI is InChI=1S/C18H25BrN2O3.ClH/c1-3-23-16-5-12(15(19)7-17(16)24-4-2)6-18(22)21-10-13-8-20-9-14(13)11-21;/h5,7,13-14,20H,3-4,6,8-11H2,1-2H3;1H/t13-,14+;. The number of hydrogen-bond donors (Lipinski definition) is 1. The van der Waals surface area contributed by atoms with Crippen LogP contribution in [0.2, 0.25) is 0 Å². The fourth-order valence-corrected chi connectivity index (χ4v) is 4.05. The second-order valence-electron chi connectivity index (χ2n) is 6.41. The van der Waals surface area contributed by atoms with E-state index in [9.17, 15) is 4.79 Å². The highest BCUT2D eigenvalue weighted by Crippen LogP contribution is 2.35. The Hall–Kier alpha value is -0.980. The van der Waals surface area contributed by atoms with Gasteiger partial charge in [-0.25, -0.2) is 0 Å². The molecule has 0 radical (unpaired) electrons. The molecule has 0 saturated carbocycles. The van der Waals surface area contributed by atoms with Crippen LogP contribution in [0.3, 0.4) is 0 Å². The molecule has 1 aromatic carbocycles. The van der Waals surface area contributed by atoms with Gasteiger partial charge in [-0.15, -0.1) is 12.4 Å². The molecular weight excluding hydrogens is 408 g/mol. The number of fused-ring (bicyclic) bond motifs is 1. The van der Waals surface area contributed by atoms with Gasteiger partial charge in [0.05, 0.1) is 19.6 Å². The predicted molar refractivity (Wildman–Crippen MR) is 104 cm³/mol. The van der Waals surface area contributed by atoms with Crippen LogP contribution in [0.15, 0.2) is 16.6 Å². The number of carbonyl (C=O) groups is 1. The van der Waals surface area contributed by atoms with E-state index in [1.807, 2.05) is 30.9 Å². The molecule has 3 rings (SSSR count). The van der Waals surface area contributed by atoms with Crippen LogP contribution < -0.4 is 14.8 Å². The highest BCUT2D eigenvalue weighted by molar-refractivity contribution is 9.10. The molecule has 2 saturated heterocycles. The summed E-state index contributed by atoms with van der Waals surface area (Å²) in [6, 6.07) is 3.83. The molecule has 1 N–H and O–H groups in total. The number of nitrogens with one attached hydrogen (secondary N) is 1. The van der Waals surface area contributed by atoms with E-state index in [-0.39, 0.29) is 18.3 Å². The van der Waals surface area contributed by atoms with Crippen molar-refractivity contribution in [2.45, 2.75) is 20.3 Å². The van der Waals surface area contributed by atoms with Crippen LogP contribution in [0.4, 0.5) is 0 Å². The van der Waals surface area contributed by atoms with E-state index in [1.165, 1.54) is 0 Å². The first-order valence-electron chi connectivity index (χ1n) is 8.68. The van der Waals surface area contributed by atoms with Gasteiger partial charge in [-0.2, -0.15) is 0 Å². The van der Waals surface area contributed by atoms with Crippen LogP contribution in [0.5, 0.6) is 11.5 Å². The zero-order chi connectivity index (χ0) is 17.1. The van der Waals surface area contributed by atoms with Gasteiger partial charge in [-0.1, -0.05) is 15.9 Å². The summed E-state index contributed by atoms with van der Waals surface area (Å²) in [6.07, 6.45) is 0.389. The third kappa shape index (κ3) is 4.60. The van der Waals surface area contributed by atoms with E-state index < -0.39 is 0 Å². The van der Waals surface area contributed by atoms with Crippen molar-refractivity contribution in [1.29, 1.82) is 0 Å². The summed E-state index contributed by atoms with van der Waals surface area (Å²) in [7, 11) is 0. The summed E-state index contributed by atoms with van der Waals surface area (Å²) < 4.78 is 12.2. The lowest BCUT2D eigenvalue weighted by molar-refractivity contribution is -0.129. The van der Waals surface area contributed by atoms with E-state index in [2.05, 4.69) is 21.2 Å². The molecule has 0 aromatic heterocycles. The maximum Gasteiger partial charge on any atom is 0.227 e. The van der Waals surface area contributed by atoms with E-state index in [1.54, 1.807) is 0 Å². The Morgan fingerprint density at radius 2 is 1.72 bits per heavy atom. The van der Waals surface area contributed by atoms with Crippen molar-refractivity contribution in [2.75, 3.05) is 39.4 Å². The van der Waals surface area contributed by atoms with Crippen molar-refractivity contribution in [1.82, 2.24) is 10.2 Å². The molecule has 2 aliphatic rings. The van der Waals surface area contributed by atoms with Crippen LogP contribution >= 0.6 is 28.3 Å². The fraction of sp³-hybridized carbons (Fsp3) is 0.611. The van der Waals surface area contributed by atoms with Gasteiger partial charge in [0, 0.05) is 30.7 Å². The van der Waals surface area contributed by atoms with Gasteiger partial charge in [-0.3, -0.25) is 4.79 Å². The average Bonchev–Trinajstić information content (AvgIpc) is 3.13. The smallest absolute Gasteiger partial charge is 0.227 e. The molecule has 2 fully saturated rings. The number of hydrogen-bond acceptors (Lipinski definition) is 4. The third-order valence-corrected chi connectivity index (χ3v) is 5.53. The molecule has 0 bridgehead atoms. The Morgan fingerprint density at radius 1 is 1.16 bits per heavy atom. The minimum absolute atomic E-state index is 0. The molecular formula is C18H26BrClN2O3. The number of halogens is 2. The Labute approximate surface area is 164 Å². The highest BCUT2D eigenvalue weighted by Gasteiger charge is 2.37. The van der Waals surface area contributed by atoms with E-state index in [0.29, 0.717) is 43.0 Å². The number of rotatable bonds is 6. The van der Waals surface area contributed by atoms with Gasteiger partial charge in [0.1, 0.15) is 0 Å². The molecule has 140 valence electrons. The molecule has 7 heteroatoms. The quantitative estimate of drug-likeness (QED) is 0.749. The molecule has 0 spiro atoms. The summed E-state index contributed by atoms with van der Waals surface area (Å²) in [5.41, 5.74) is 0.946. The van der Waals surface area contributed by atoms with Gasteiger partial charge in [-0.05, 0) is 43.4 Å². The molecule has 25 heavy (non-hydrogen) atoms. The van der Waals surface area contributed by atoms with Gasteiger partial charge < -0.3 is 19.7 Å².